The molecule has 134 valence electrons. The average molecular weight is 433 g/mol. The number of carbonyl (C=O) groups is 1. The van der Waals surface area contributed by atoms with E-state index >= 15 is 0 Å². The van der Waals surface area contributed by atoms with Crippen molar-refractivity contribution in [3.05, 3.63) is 22.1 Å². The monoisotopic (exact) mass is 434 g/mol. The second-order valence-corrected chi connectivity index (χ2v) is 19.3. The van der Waals surface area contributed by atoms with Crippen LogP contribution in [-0.2, 0) is 9.53 Å². The molecule has 4 heteroatoms. The number of carbonyl (C=O) groups excluding carboxylic acids is 1. The van der Waals surface area contributed by atoms with E-state index in [9.17, 15) is 9.18 Å². The summed E-state index contributed by atoms with van der Waals surface area (Å²) in [7, 11) is 0. The van der Waals surface area contributed by atoms with Gasteiger partial charge in [0.05, 0.1) is 0 Å². The second kappa shape index (κ2) is 14.1. The Labute approximate surface area is 146 Å². The zero-order chi connectivity index (χ0) is 17.6. The molecule has 23 heavy (non-hydrogen) atoms. The van der Waals surface area contributed by atoms with Crippen molar-refractivity contribution in [1.29, 1.82) is 0 Å². The van der Waals surface area contributed by atoms with Crippen molar-refractivity contribution in [2.75, 3.05) is 6.61 Å². The molecule has 0 aromatic carbocycles. The van der Waals surface area contributed by atoms with Crippen LogP contribution in [0.3, 0.4) is 0 Å². The Morgan fingerprint density at radius 3 is 1.83 bits per heavy atom. The first kappa shape index (κ1) is 22.7. The fraction of sp³-hybridized carbons (Fsp3) is 0.737. The van der Waals surface area contributed by atoms with Crippen LogP contribution in [0, 0.1) is 0 Å². The first-order valence-corrected chi connectivity index (χ1v) is 17.0. The Morgan fingerprint density at radius 1 is 0.957 bits per heavy atom. The third-order valence-corrected chi connectivity index (χ3v) is 18.4. The van der Waals surface area contributed by atoms with Gasteiger partial charge in [0.25, 0.3) is 0 Å². The van der Waals surface area contributed by atoms with Crippen LogP contribution in [0.4, 0.5) is 4.39 Å². The molecule has 0 atom stereocenters. The van der Waals surface area contributed by atoms with Gasteiger partial charge in [-0.2, -0.15) is 0 Å². The number of halogens is 1. The van der Waals surface area contributed by atoms with Gasteiger partial charge in [0.15, 0.2) is 0 Å². The summed E-state index contributed by atoms with van der Waals surface area (Å²) in [6, 6.07) is 0. The molecule has 0 aromatic rings. The molecule has 0 bridgehead atoms. The van der Waals surface area contributed by atoms with E-state index < -0.39 is 30.2 Å². The van der Waals surface area contributed by atoms with E-state index in [0.717, 1.165) is 0 Å². The minimum atomic E-state index is -2.37. The van der Waals surface area contributed by atoms with E-state index in [1.165, 1.54) is 57.9 Å². The topological polar surface area (TPSA) is 26.3 Å². The standard InChI is InChI=1S/C7H8FO2.3C4H9.Sn/c1-3-5-6(8)7(9)10-4-2;3*1-3-4-2;/h1,3,5H,4H2,2H3;3*1,3-4H2,2H3;/b3-1?,6-5+;;;;. The third kappa shape index (κ3) is 10.2. The van der Waals surface area contributed by atoms with Gasteiger partial charge >= 0.3 is 146 Å². The maximum atomic E-state index is 13.7. The maximum absolute atomic E-state index is 13.7. The van der Waals surface area contributed by atoms with E-state index in [0.29, 0.717) is 0 Å². The second-order valence-electron chi connectivity index (χ2n) is 6.27. The zero-order valence-electron chi connectivity index (χ0n) is 15.5. The van der Waals surface area contributed by atoms with Crippen molar-refractivity contribution in [1.82, 2.24) is 0 Å². The van der Waals surface area contributed by atoms with E-state index in [1.807, 2.05) is 6.08 Å². The van der Waals surface area contributed by atoms with Crippen LogP contribution < -0.4 is 0 Å². The van der Waals surface area contributed by atoms with Crippen molar-refractivity contribution in [3.8, 4) is 0 Å². The predicted octanol–water partition coefficient (Wildman–Crippen LogP) is 6.35. The van der Waals surface area contributed by atoms with Crippen molar-refractivity contribution >= 4 is 24.3 Å². The van der Waals surface area contributed by atoms with E-state index in [4.69, 9.17) is 0 Å². The minimum absolute atomic E-state index is 0.205. The quantitative estimate of drug-likeness (QED) is 0.147. The SMILES string of the molecule is CCC[CH2][Sn](/[CH]=C/C=C(/F)C(=O)OCC)([CH2]CCC)[CH2]CCC. The Kier molecular flexibility index (Phi) is 13.9. The Bertz CT molecular complexity index is 356. The molecule has 0 aliphatic rings. The number of esters is 1. The summed E-state index contributed by atoms with van der Waals surface area (Å²) in [6.45, 7) is 8.60. The summed E-state index contributed by atoms with van der Waals surface area (Å²) in [5, 5.41) is 0. The van der Waals surface area contributed by atoms with E-state index in [2.05, 4.69) is 29.6 Å². The summed E-state index contributed by atoms with van der Waals surface area (Å²) in [5.74, 6) is -1.64. The first-order chi connectivity index (χ1) is 11.0. The third-order valence-electron chi connectivity index (χ3n) is 4.25. The predicted molar refractivity (Wildman–Crippen MR) is 99.9 cm³/mol. The molecule has 0 aromatic heterocycles. The molecule has 0 N–H and O–H groups in total. The molecule has 0 aliphatic heterocycles. The molecule has 0 aliphatic carbocycles. The van der Waals surface area contributed by atoms with Crippen LogP contribution in [0.2, 0.25) is 13.3 Å². The van der Waals surface area contributed by atoms with Gasteiger partial charge < -0.3 is 0 Å². The number of allylic oxidation sites excluding steroid dienone is 2. The number of hydrogen-bond donors (Lipinski definition) is 0. The van der Waals surface area contributed by atoms with Crippen LogP contribution in [-0.4, -0.2) is 31.0 Å². The molecular formula is C19H35FO2Sn. The number of ether oxygens (including phenoxy) is 1. The van der Waals surface area contributed by atoms with Crippen LogP contribution in [0.25, 0.3) is 0 Å². The van der Waals surface area contributed by atoms with Crippen LogP contribution >= 0.6 is 0 Å². The van der Waals surface area contributed by atoms with Crippen molar-refractivity contribution in [2.24, 2.45) is 0 Å². The zero-order valence-corrected chi connectivity index (χ0v) is 18.4. The molecule has 0 rings (SSSR count). The molecule has 2 nitrogen and oxygen atoms in total. The van der Waals surface area contributed by atoms with E-state index in [-0.39, 0.29) is 6.61 Å². The summed E-state index contributed by atoms with van der Waals surface area (Å²) in [5.41, 5.74) is 0. The van der Waals surface area contributed by atoms with Gasteiger partial charge in [0.2, 0.25) is 0 Å². The van der Waals surface area contributed by atoms with Gasteiger partial charge in [-0.15, -0.1) is 0 Å². The molecule has 0 radical (unpaired) electrons. The Hall–Kier alpha value is -0.321. The van der Waals surface area contributed by atoms with Gasteiger partial charge in [-0.1, -0.05) is 0 Å². The fourth-order valence-corrected chi connectivity index (χ4v) is 16.9. The van der Waals surface area contributed by atoms with Gasteiger partial charge in [-0.05, 0) is 0 Å². The average Bonchev–Trinajstić information content (AvgIpc) is 2.55. The Morgan fingerprint density at radius 2 is 1.43 bits per heavy atom. The molecule has 0 saturated heterocycles. The summed E-state index contributed by atoms with van der Waals surface area (Å²) >= 11 is -2.37. The van der Waals surface area contributed by atoms with E-state index in [1.54, 1.807) is 6.92 Å². The van der Waals surface area contributed by atoms with Crippen molar-refractivity contribution in [2.45, 2.75) is 79.5 Å². The molecule has 0 saturated carbocycles. The molecule has 0 spiro atoms. The number of hydrogen-bond acceptors (Lipinski definition) is 2. The molecular weight excluding hydrogens is 398 g/mol. The van der Waals surface area contributed by atoms with Gasteiger partial charge in [-0.25, -0.2) is 0 Å². The Balaban J connectivity index is 5.09. The number of rotatable bonds is 13. The van der Waals surface area contributed by atoms with Crippen molar-refractivity contribution < 1.29 is 13.9 Å². The van der Waals surface area contributed by atoms with Gasteiger partial charge in [0, 0.05) is 0 Å². The molecule has 0 unspecified atom stereocenters. The van der Waals surface area contributed by atoms with Gasteiger partial charge in [-0.3, -0.25) is 0 Å². The normalized spacial score (nSPS) is 12.8. The first-order valence-electron chi connectivity index (χ1n) is 9.27. The van der Waals surface area contributed by atoms with Crippen molar-refractivity contribution in [3.63, 3.8) is 0 Å². The van der Waals surface area contributed by atoms with Crippen LogP contribution in [0.15, 0.2) is 22.1 Å². The number of unbranched alkanes of at least 4 members (excludes halogenated alkanes) is 3. The molecule has 0 heterocycles. The fourth-order valence-electron chi connectivity index (χ4n) is 2.82. The van der Waals surface area contributed by atoms with Crippen LogP contribution in [0.5, 0.6) is 0 Å². The molecule has 0 fully saturated rings. The summed E-state index contributed by atoms with van der Waals surface area (Å²) in [4.78, 5) is 11.3. The summed E-state index contributed by atoms with van der Waals surface area (Å²) < 4.78 is 24.7. The van der Waals surface area contributed by atoms with Crippen LogP contribution in [0.1, 0.15) is 66.2 Å². The van der Waals surface area contributed by atoms with Gasteiger partial charge in [0.1, 0.15) is 0 Å². The summed E-state index contributed by atoms with van der Waals surface area (Å²) in [6.07, 6.45) is 10.6. The molecule has 0 amide bonds.